The van der Waals surface area contributed by atoms with Gasteiger partial charge in [0.25, 0.3) is 0 Å². The third kappa shape index (κ3) is 6.63. The number of hydrogen-bond donors (Lipinski definition) is 7. The number of carboxylic acids is 1. The Morgan fingerprint density at radius 3 is 2.38 bits per heavy atom. The second-order valence-corrected chi connectivity index (χ2v) is 10.5. The lowest BCUT2D eigenvalue weighted by atomic mass is 9.81. The molecule has 1 saturated heterocycles. The molecule has 0 saturated carbocycles. The molecule has 0 unspecified atom stereocenters. The highest BCUT2D eigenvalue weighted by atomic mass is 16.7. The molecule has 16 heteroatoms. The van der Waals surface area contributed by atoms with Crippen LogP contribution in [0.1, 0.15) is 44.7 Å². The van der Waals surface area contributed by atoms with E-state index >= 15 is 0 Å². The van der Waals surface area contributed by atoms with Crippen molar-refractivity contribution in [2.75, 3.05) is 34.5 Å². The van der Waals surface area contributed by atoms with Crippen LogP contribution in [0.4, 0.5) is 0 Å². The minimum absolute atomic E-state index is 0.00172. The number of phenols is 1. The van der Waals surface area contributed by atoms with Gasteiger partial charge in [-0.15, -0.1) is 0 Å². The summed E-state index contributed by atoms with van der Waals surface area (Å²) in [4.78, 5) is 28.9. The number of phenolic OH excluding ortho intramolecular Hbond substituents is 1. The van der Waals surface area contributed by atoms with Crippen LogP contribution in [-0.2, 0) is 22.3 Å². The van der Waals surface area contributed by atoms with E-state index in [1.54, 1.807) is 0 Å². The second kappa shape index (κ2) is 13.6. The number of cyclic esters (lactones) is 1. The van der Waals surface area contributed by atoms with Gasteiger partial charge in [0.15, 0.2) is 29.0 Å². The summed E-state index contributed by atoms with van der Waals surface area (Å²) in [5.41, 5.74) is 9.52. The average molecular weight is 636 g/mol. The average Bonchev–Trinajstić information content (AvgIpc) is 3.01. The fourth-order valence-electron chi connectivity index (χ4n) is 5.44. The number of benzene rings is 2. The summed E-state index contributed by atoms with van der Waals surface area (Å²) >= 11 is 0. The number of fused-ring (bicyclic) bond motifs is 1. The number of aliphatic hydroxyl groups excluding tert-OH is 3. The van der Waals surface area contributed by atoms with Gasteiger partial charge in [-0.1, -0.05) is 0 Å². The van der Waals surface area contributed by atoms with Gasteiger partial charge in [-0.2, -0.15) is 0 Å². The number of nitrogens with two attached hydrogens (primary N) is 2. The number of nitrogens with zero attached hydrogens (tertiary/aromatic N) is 1. The largest absolute Gasteiger partial charge is 0.502 e. The first kappa shape index (κ1) is 33.4. The van der Waals surface area contributed by atoms with E-state index in [0.29, 0.717) is 12.0 Å². The zero-order valence-electron chi connectivity index (χ0n) is 24.9. The molecule has 0 aromatic heterocycles. The number of ether oxygens (including phenoxy) is 6. The van der Waals surface area contributed by atoms with E-state index in [4.69, 9.17) is 39.9 Å². The summed E-state index contributed by atoms with van der Waals surface area (Å²) in [6.07, 6.45) is -6.57. The van der Waals surface area contributed by atoms with E-state index in [9.17, 15) is 35.1 Å². The molecule has 2 aliphatic rings. The van der Waals surface area contributed by atoms with Crippen molar-refractivity contribution in [2.24, 2.45) is 16.5 Å². The maximum Gasteiger partial charge on any atom is 0.338 e. The van der Waals surface area contributed by atoms with Crippen molar-refractivity contribution >= 4 is 17.9 Å². The van der Waals surface area contributed by atoms with E-state index in [1.165, 1.54) is 39.5 Å². The fourth-order valence-corrected chi connectivity index (χ4v) is 5.44. The Morgan fingerprint density at radius 1 is 1.04 bits per heavy atom. The van der Waals surface area contributed by atoms with Gasteiger partial charge in [0.1, 0.15) is 30.5 Å². The van der Waals surface area contributed by atoms with Crippen LogP contribution in [0.2, 0.25) is 0 Å². The van der Waals surface area contributed by atoms with Crippen LogP contribution in [0.15, 0.2) is 23.2 Å². The van der Waals surface area contributed by atoms with Crippen molar-refractivity contribution in [2.45, 2.75) is 55.9 Å². The Kier molecular flexibility index (Phi) is 10.1. The number of aryl methyl sites for hydroxylation is 1. The van der Waals surface area contributed by atoms with Crippen molar-refractivity contribution in [1.82, 2.24) is 0 Å². The molecule has 0 bridgehead atoms. The number of methoxy groups -OCH3 is 3. The van der Waals surface area contributed by atoms with Crippen molar-refractivity contribution < 1.29 is 63.5 Å². The predicted molar refractivity (Wildman–Crippen MR) is 155 cm³/mol. The van der Waals surface area contributed by atoms with Gasteiger partial charge >= 0.3 is 11.9 Å². The van der Waals surface area contributed by atoms with Gasteiger partial charge in [0, 0.05) is 12.1 Å². The van der Waals surface area contributed by atoms with Crippen molar-refractivity contribution in [3.63, 3.8) is 0 Å². The first-order chi connectivity index (χ1) is 21.4. The molecule has 2 aromatic rings. The zero-order chi connectivity index (χ0) is 33.1. The summed E-state index contributed by atoms with van der Waals surface area (Å²) in [6.45, 7) is -0.336. The second-order valence-electron chi connectivity index (χ2n) is 10.5. The molecular weight excluding hydrogens is 598 g/mol. The lowest BCUT2D eigenvalue weighted by Gasteiger charge is -2.48. The van der Waals surface area contributed by atoms with Gasteiger partial charge in [0.2, 0.25) is 12.0 Å². The quantitative estimate of drug-likeness (QED) is 0.0764. The Labute approximate surface area is 257 Å². The van der Waals surface area contributed by atoms with Crippen LogP contribution in [-0.4, -0.2) is 108 Å². The highest BCUT2D eigenvalue weighted by Crippen LogP contribution is 2.45. The van der Waals surface area contributed by atoms with Crippen LogP contribution in [0.25, 0.3) is 0 Å². The number of rotatable bonds is 10. The molecule has 1 fully saturated rings. The van der Waals surface area contributed by atoms with Gasteiger partial charge in [-0.25, -0.2) is 9.59 Å². The smallest absolute Gasteiger partial charge is 0.338 e. The molecule has 16 nitrogen and oxygen atoms in total. The number of aliphatic hydroxyl groups is 3. The molecule has 45 heavy (non-hydrogen) atoms. The maximum atomic E-state index is 13.2. The predicted octanol–water partition coefficient (Wildman–Crippen LogP) is -0.318. The van der Waals surface area contributed by atoms with Crippen LogP contribution in [0.5, 0.6) is 28.7 Å². The number of carbonyl (C=O) groups excluding carboxylic acids is 1. The summed E-state index contributed by atoms with van der Waals surface area (Å²) in [5, 5.41) is 53.3. The Hall–Kier alpha value is -4.51. The Balaban J connectivity index is 1.71. The Morgan fingerprint density at radius 2 is 1.76 bits per heavy atom. The molecule has 2 aromatic carbocycles. The summed E-state index contributed by atoms with van der Waals surface area (Å²) in [6, 6.07) is 3.88. The molecule has 1 spiro atoms. The fraction of sp³-hybridized carbons (Fsp3) is 0.483. The maximum absolute atomic E-state index is 13.2. The number of carbonyl (C=O) groups is 2. The molecule has 2 aliphatic heterocycles. The van der Waals surface area contributed by atoms with Crippen molar-refractivity contribution in [3.8, 4) is 28.7 Å². The minimum atomic E-state index is -1.83. The standard InChI is InChI=1S/C29H37N3O13/c1-40-17-11-16-15(23(42-3)19(17)33)6-7-29(12-43-26(16)39)24(36)20(34)21(35)27(45-29)44-22-13(5-4-8-32-28(30)31)9-14(25(37)38)10-18(22)41-2/h9-11,20-21,24,27,33-36H,4-8,12H2,1-3H3,(H,37,38)(H4,30,31,32)/t20-,21-,24+,27+,29-/m1/s1. The first-order valence-corrected chi connectivity index (χ1v) is 13.9. The zero-order valence-corrected chi connectivity index (χ0v) is 24.9. The number of aromatic carboxylic acids is 1. The molecule has 2 heterocycles. The lowest BCUT2D eigenvalue weighted by molar-refractivity contribution is -0.320. The number of esters is 1. The van der Waals surface area contributed by atoms with Crippen LogP contribution < -0.4 is 30.4 Å². The van der Waals surface area contributed by atoms with Crippen molar-refractivity contribution in [1.29, 1.82) is 0 Å². The van der Waals surface area contributed by atoms with Gasteiger partial charge in [0.05, 0.1) is 32.5 Å². The highest BCUT2D eigenvalue weighted by molar-refractivity contribution is 5.93. The molecule has 5 atom stereocenters. The van der Waals surface area contributed by atoms with E-state index in [2.05, 4.69) is 4.99 Å². The molecule has 9 N–H and O–H groups in total. The molecule has 0 aliphatic carbocycles. The SMILES string of the molecule is COc1cc2c(c(OC)c1O)CC[C@]1(COC2=O)O[C@H](Oc2c(CCCN=C(N)N)cc(C(=O)O)cc2OC)[C@H](O)[C@@H](O)[C@@H]1O. The van der Waals surface area contributed by atoms with E-state index < -0.39 is 48.7 Å². The first-order valence-electron chi connectivity index (χ1n) is 13.9. The van der Waals surface area contributed by atoms with Gasteiger partial charge in [-0.3, -0.25) is 4.99 Å². The van der Waals surface area contributed by atoms with E-state index in [-0.39, 0.29) is 77.2 Å². The topological polar surface area (TPSA) is 255 Å². The summed E-state index contributed by atoms with van der Waals surface area (Å²) < 4.78 is 33.6. The monoisotopic (exact) mass is 635 g/mol. The third-order valence-electron chi connectivity index (χ3n) is 7.79. The van der Waals surface area contributed by atoms with E-state index in [0.717, 1.165) is 0 Å². The molecule has 0 radical (unpaired) electrons. The van der Waals surface area contributed by atoms with Crippen LogP contribution >= 0.6 is 0 Å². The van der Waals surface area contributed by atoms with Crippen LogP contribution in [0, 0.1) is 0 Å². The molecule has 0 amide bonds. The van der Waals surface area contributed by atoms with Gasteiger partial charge < -0.3 is 65.4 Å². The number of aromatic hydroxyl groups is 1. The molecule has 246 valence electrons. The number of guanidine groups is 1. The van der Waals surface area contributed by atoms with Gasteiger partial charge in [-0.05, 0) is 49.4 Å². The highest BCUT2D eigenvalue weighted by Gasteiger charge is 2.56. The lowest BCUT2D eigenvalue weighted by Crippen LogP contribution is -2.67. The summed E-state index contributed by atoms with van der Waals surface area (Å²) in [5.74, 6) is -2.62. The summed E-state index contributed by atoms with van der Waals surface area (Å²) in [7, 11) is 3.89. The van der Waals surface area contributed by atoms with E-state index in [1.807, 2.05) is 0 Å². The number of aliphatic imine (C=N–C) groups is 1. The number of hydrogen-bond acceptors (Lipinski definition) is 13. The Bertz CT molecular complexity index is 1460. The number of carboxylic acid groups (broad SMARTS) is 1. The minimum Gasteiger partial charge on any atom is -0.502 e. The normalized spacial score (nSPS) is 24.4. The van der Waals surface area contributed by atoms with Crippen molar-refractivity contribution in [3.05, 3.63) is 40.5 Å². The van der Waals surface area contributed by atoms with Crippen LogP contribution in [0.3, 0.4) is 0 Å². The third-order valence-corrected chi connectivity index (χ3v) is 7.79. The molecular formula is C29H37N3O13. The molecule has 4 rings (SSSR count).